The molecule has 0 bridgehead atoms. The van der Waals surface area contributed by atoms with Gasteiger partial charge in [0.1, 0.15) is 6.04 Å². The van der Waals surface area contributed by atoms with Gasteiger partial charge in [-0.25, -0.2) is 4.99 Å². The van der Waals surface area contributed by atoms with E-state index in [4.69, 9.17) is 52.1 Å². The molecule has 4 nitrogen and oxygen atoms in total. The van der Waals surface area contributed by atoms with Crippen molar-refractivity contribution in [2.24, 2.45) is 10.7 Å². The fraction of sp³-hybridized carbons (Fsp3) is 0.190. The van der Waals surface area contributed by atoms with Crippen LogP contribution in [0.2, 0.25) is 20.1 Å². The van der Waals surface area contributed by atoms with Gasteiger partial charge in [-0.2, -0.15) is 0 Å². The molecule has 3 N–H and O–H groups in total. The number of nitrogens with two attached hydrogens (primary N) is 1. The van der Waals surface area contributed by atoms with E-state index in [-0.39, 0.29) is 6.04 Å². The molecule has 1 unspecified atom stereocenters. The molecule has 2 aromatic carbocycles. The van der Waals surface area contributed by atoms with Crippen LogP contribution in [0.4, 0.5) is 0 Å². The van der Waals surface area contributed by atoms with E-state index in [0.29, 0.717) is 32.6 Å². The lowest BCUT2D eigenvalue weighted by atomic mass is 9.89. The van der Waals surface area contributed by atoms with Crippen LogP contribution in [0.5, 0.6) is 0 Å². The molecule has 0 aromatic heterocycles. The zero-order valence-electron chi connectivity index (χ0n) is 15.5. The van der Waals surface area contributed by atoms with Crippen LogP contribution in [0.3, 0.4) is 0 Å². The maximum atomic E-state index is 6.50. The Labute approximate surface area is 189 Å². The molecule has 0 saturated carbocycles. The molecule has 0 spiro atoms. The Kier molecular flexibility index (Phi) is 5.83. The zero-order chi connectivity index (χ0) is 20.7. The smallest absolute Gasteiger partial charge is 0.194 e. The molecule has 8 heteroatoms. The molecule has 4 rings (SSSR count). The Morgan fingerprint density at radius 3 is 2.48 bits per heavy atom. The third-order valence-corrected chi connectivity index (χ3v) is 6.63. The van der Waals surface area contributed by atoms with Gasteiger partial charge in [-0.3, -0.25) is 4.90 Å². The second kappa shape index (κ2) is 8.21. The number of halogens is 4. The third-order valence-electron chi connectivity index (χ3n) is 4.96. The lowest BCUT2D eigenvalue weighted by Gasteiger charge is -2.36. The van der Waals surface area contributed by atoms with E-state index in [1.54, 1.807) is 12.1 Å². The summed E-state index contributed by atoms with van der Waals surface area (Å²) in [5, 5.41) is 5.25. The molecule has 2 aliphatic rings. The molecule has 0 fully saturated rings. The number of likely N-dealkylation sites (N-methyl/N-ethyl adjacent to an activating group) is 1. The summed E-state index contributed by atoms with van der Waals surface area (Å²) in [7, 11) is 2.05. The fourth-order valence-electron chi connectivity index (χ4n) is 3.69. The van der Waals surface area contributed by atoms with Crippen molar-refractivity contribution in [2.75, 3.05) is 20.1 Å². The first kappa shape index (κ1) is 20.6. The third kappa shape index (κ3) is 4.00. The van der Waals surface area contributed by atoms with Gasteiger partial charge in [0.25, 0.3) is 0 Å². The quantitative estimate of drug-likeness (QED) is 0.609. The van der Waals surface area contributed by atoms with Gasteiger partial charge in [-0.15, -0.1) is 0 Å². The number of aliphatic imine (C=N–C) groups is 1. The minimum absolute atomic E-state index is 0.321. The number of hydrogen-bond acceptors (Lipinski definition) is 4. The van der Waals surface area contributed by atoms with Crippen LogP contribution in [0.25, 0.3) is 6.08 Å². The molecule has 1 atom stereocenters. The van der Waals surface area contributed by atoms with Crippen LogP contribution < -0.4 is 11.1 Å². The second-order valence-electron chi connectivity index (χ2n) is 7.07. The lowest BCUT2D eigenvalue weighted by molar-refractivity contribution is 0.368. The normalized spacial score (nSPS) is 21.1. The standard InChI is InChI=1S/C21H18Cl4N4/c1-29-9-12(8-11-4-2-6-15(22)17(11)24)19-14(10-29)20(28-21(26)27-19)13-5-3-7-16(23)18(13)25/h2-8,20H,9-10H2,1H3,(H3,26,27,28)/b12-8+. The van der Waals surface area contributed by atoms with Gasteiger partial charge in [0.15, 0.2) is 5.96 Å². The van der Waals surface area contributed by atoms with Crippen LogP contribution in [-0.4, -0.2) is 31.0 Å². The monoisotopic (exact) mass is 466 g/mol. The van der Waals surface area contributed by atoms with Gasteiger partial charge in [0.2, 0.25) is 0 Å². The van der Waals surface area contributed by atoms with Gasteiger partial charge in [-0.05, 0) is 42.0 Å². The first-order valence-electron chi connectivity index (χ1n) is 8.96. The summed E-state index contributed by atoms with van der Waals surface area (Å²) in [5.74, 6) is 0.331. The summed E-state index contributed by atoms with van der Waals surface area (Å²) in [4.78, 5) is 6.83. The SMILES string of the molecule is CN1CC2=C(NC(N)=NC2c2cccc(Cl)c2Cl)/C(=C/c2cccc(Cl)c2Cl)C1. The zero-order valence-corrected chi connectivity index (χ0v) is 18.5. The van der Waals surface area contributed by atoms with Crippen molar-refractivity contribution in [3.05, 3.63) is 84.5 Å². The highest BCUT2D eigenvalue weighted by Crippen LogP contribution is 2.41. The Bertz CT molecular complexity index is 1070. The summed E-state index contributed by atoms with van der Waals surface area (Å²) in [6.45, 7) is 1.44. The van der Waals surface area contributed by atoms with Crippen LogP contribution in [0, 0.1) is 0 Å². The first-order chi connectivity index (χ1) is 13.8. The second-order valence-corrected chi connectivity index (χ2v) is 8.64. The van der Waals surface area contributed by atoms with E-state index in [0.717, 1.165) is 34.5 Å². The summed E-state index contributed by atoms with van der Waals surface area (Å²) in [5.41, 5.74) is 10.9. The molecule has 2 aromatic rings. The van der Waals surface area contributed by atoms with Crippen molar-refractivity contribution in [1.82, 2.24) is 10.2 Å². The molecule has 0 radical (unpaired) electrons. The topological polar surface area (TPSA) is 53.6 Å². The predicted molar refractivity (Wildman–Crippen MR) is 123 cm³/mol. The number of guanidine groups is 1. The molecule has 150 valence electrons. The van der Waals surface area contributed by atoms with Crippen molar-refractivity contribution in [3.63, 3.8) is 0 Å². The van der Waals surface area contributed by atoms with E-state index in [1.807, 2.05) is 30.3 Å². The van der Waals surface area contributed by atoms with Crippen molar-refractivity contribution in [3.8, 4) is 0 Å². The number of nitrogens with zero attached hydrogens (tertiary/aromatic N) is 2. The lowest BCUT2D eigenvalue weighted by Crippen LogP contribution is -2.43. The van der Waals surface area contributed by atoms with E-state index >= 15 is 0 Å². The van der Waals surface area contributed by atoms with E-state index in [1.165, 1.54) is 0 Å². The highest BCUT2D eigenvalue weighted by atomic mass is 35.5. The van der Waals surface area contributed by atoms with Crippen molar-refractivity contribution < 1.29 is 0 Å². The number of hydrogen-bond donors (Lipinski definition) is 2. The highest BCUT2D eigenvalue weighted by molar-refractivity contribution is 6.43. The van der Waals surface area contributed by atoms with Gasteiger partial charge in [0, 0.05) is 24.4 Å². The Hall–Kier alpha value is -1.69. The van der Waals surface area contributed by atoms with Crippen molar-refractivity contribution in [2.45, 2.75) is 6.04 Å². The summed E-state index contributed by atoms with van der Waals surface area (Å²) in [6.07, 6.45) is 2.03. The first-order valence-corrected chi connectivity index (χ1v) is 10.5. The predicted octanol–water partition coefficient (Wildman–Crippen LogP) is 5.54. The van der Waals surface area contributed by atoms with Gasteiger partial charge >= 0.3 is 0 Å². The van der Waals surface area contributed by atoms with E-state index in [2.05, 4.69) is 22.3 Å². The highest BCUT2D eigenvalue weighted by Gasteiger charge is 2.32. The van der Waals surface area contributed by atoms with Crippen LogP contribution >= 0.6 is 46.4 Å². The molecule has 2 aliphatic heterocycles. The summed E-state index contributed by atoms with van der Waals surface area (Å²) >= 11 is 25.3. The molecule has 29 heavy (non-hydrogen) atoms. The summed E-state index contributed by atoms with van der Waals surface area (Å²) < 4.78 is 0. The maximum Gasteiger partial charge on any atom is 0.194 e. The molecule has 0 aliphatic carbocycles. The van der Waals surface area contributed by atoms with Crippen LogP contribution in [0.1, 0.15) is 17.2 Å². The van der Waals surface area contributed by atoms with Crippen LogP contribution in [-0.2, 0) is 0 Å². The molecule has 0 amide bonds. The molecule has 2 heterocycles. The molecular weight excluding hydrogens is 450 g/mol. The van der Waals surface area contributed by atoms with Crippen molar-refractivity contribution >= 4 is 58.4 Å². The Morgan fingerprint density at radius 2 is 1.72 bits per heavy atom. The van der Waals surface area contributed by atoms with Crippen molar-refractivity contribution in [1.29, 1.82) is 0 Å². The van der Waals surface area contributed by atoms with Gasteiger partial charge < -0.3 is 11.1 Å². The largest absolute Gasteiger partial charge is 0.370 e. The average molecular weight is 468 g/mol. The van der Waals surface area contributed by atoms with Crippen LogP contribution in [0.15, 0.2) is 58.2 Å². The average Bonchev–Trinajstić information content (AvgIpc) is 2.68. The minimum Gasteiger partial charge on any atom is -0.370 e. The number of benzene rings is 2. The number of rotatable bonds is 2. The van der Waals surface area contributed by atoms with E-state index in [9.17, 15) is 0 Å². The van der Waals surface area contributed by atoms with Gasteiger partial charge in [-0.1, -0.05) is 70.7 Å². The maximum absolute atomic E-state index is 6.50. The Morgan fingerprint density at radius 1 is 1.03 bits per heavy atom. The molecule has 0 saturated heterocycles. The van der Waals surface area contributed by atoms with Gasteiger partial charge in [0.05, 0.1) is 20.1 Å². The summed E-state index contributed by atoms with van der Waals surface area (Å²) in [6, 6.07) is 10.8. The van der Waals surface area contributed by atoms with E-state index < -0.39 is 0 Å². The number of nitrogens with one attached hydrogen (secondary N) is 1. The minimum atomic E-state index is -0.321. The fourth-order valence-corrected chi connectivity index (χ4v) is 4.46. The Balaban J connectivity index is 1.86. The molecular formula is C21H18Cl4N4.